The Morgan fingerprint density at radius 3 is 2.09 bits per heavy atom. The van der Waals surface area contributed by atoms with E-state index in [4.69, 9.17) is 0 Å². The lowest BCUT2D eigenvalue weighted by molar-refractivity contribution is 1.10. The molecule has 0 amide bonds. The van der Waals surface area contributed by atoms with Gasteiger partial charge < -0.3 is 0 Å². The standard InChI is InChI=1S/C30H20Br2/c1-17-11-14-23-24(16-13-19-12-15-20(18(2)31)27(17)28(19)23)29-21-7-3-5-9-25(21)30(32)26-10-6-4-8-22(26)29/h3-10,12-16,24H,1-2,11H2. The Labute approximate surface area is 204 Å². The lowest BCUT2D eigenvalue weighted by Gasteiger charge is -2.32. The van der Waals surface area contributed by atoms with Crippen molar-refractivity contribution in [2.24, 2.45) is 0 Å². The van der Waals surface area contributed by atoms with E-state index in [0.29, 0.717) is 0 Å². The Kier molecular flexibility index (Phi) is 4.64. The Balaban J connectivity index is 1.70. The second-order valence-corrected chi connectivity index (χ2v) is 10.2. The number of halogens is 2. The molecular formula is C30H20Br2. The van der Waals surface area contributed by atoms with E-state index in [0.717, 1.165) is 26.5 Å². The first kappa shape index (κ1) is 20.0. The maximum atomic E-state index is 4.40. The highest BCUT2D eigenvalue weighted by atomic mass is 79.9. The van der Waals surface area contributed by atoms with Crippen LogP contribution in [0.5, 0.6) is 0 Å². The molecule has 154 valence electrons. The summed E-state index contributed by atoms with van der Waals surface area (Å²) in [5.74, 6) is 0.177. The Hall–Kier alpha value is -2.68. The van der Waals surface area contributed by atoms with Crippen molar-refractivity contribution in [2.75, 3.05) is 0 Å². The van der Waals surface area contributed by atoms with Crippen LogP contribution in [-0.4, -0.2) is 0 Å². The van der Waals surface area contributed by atoms with Crippen LogP contribution in [0.4, 0.5) is 0 Å². The average Bonchev–Trinajstić information content (AvgIpc) is 2.82. The SMILES string of the molecule is C=C(Br)c1ccc2c3c1C(=C)CC=C3C(c1c3ccccc3c(Br)c3ccccc13)C=C2. The van der Waals surface area contributed by atoms with Gasteiger partial charge in [0.05, 0.1) is 0 Å². The third kappa shape index (κ3) is 2.79. The molecule has 0 bridgehead atoms. The van der Waals surface area contributed by atoms with Gasteiger partial charge in [-0.05, 0) is 82.9 Å². The largest absolute Gasteiger partial charge is 0.0949 e. The van der Waals surface area contributed by atoms with Gasteiger partial charge in [0.25, 0.3) is 0 Å². The van der Waals surface area contributed by atoms with Crippen LogP contribution in [-0.2, 0) is 0 Å². The first-order valence-corrected chi connectivity index (χ1v) is 12.3. The molecule has 0 N–H and O–H groups in total. The van der Waals surface area contributed by atoms with Gasteiger partial charge in [-0.1, -0.05) is 108 Å². The molecule has 0 heterocycles. The molecule has 0 spiro atoms. The van der Waals surface area contributed by atoms with Crippen LogP contribution >= 0.6 is 31.9 Å². The molecule has 4 aromatic carbocycles. The van der Waals surface area contributed by atoms with Crippen molar-refractivity contribution in [3.63, 3.8) is 0 Å². The molecule has 0 radical (unpaired) electrons. The van der Waals surface area contributed by atoms with Gasteiger partial charge in [-0.3, -0.25) is 0 Å². The number of hydrogen-bond acceptors (Lipinski definition) is 0. The zero-order valence-corrected chi connectivity index (χ0v) is 20.6. The molecular weight excluding hydrogens is 520 g/mol. The highest BCUT2D eigenvalue weighted by Crippen LogP contribution is 2.51. The Morgan fingerprint density at radius 2 is 1.47 bits per heavy atom. The fraction of sp³-hybridized carbons (Fsp3) is 0.0667. The molecule has 0 nitrogen and oxygen atoms in total. The first-order valence-electron chi connectivity index (χ1n) is 10.7. The Bertz CT molecular complexity index is 1490. The van der Waals surface area contributed by atoms with Crippen molar-refractivity contribution in [3.8, 4) is 0 Å². The molecule has 2 aliphatic rings. The second-order valence-electron chi connectivity index (χ2n) is 8.48. The van der Waals surface area contributed by atoms with Crippen molar-refractivity contribution >= 4 is 75.1 Å². The van der Waals surface area contributed by atoms with Crippen molar-refractivity contribution in [1.82, 2.24) is 0 Å². The van der Waals surface area contributed by atoms with E-state index in [-0.39, 0.29) is 5.92 Å². The number of fused-ring (bicyclic) bond motifs is 2. The third-order valence-corrected chi connectivity index (χ3v) is 8.04. The summed E-state index contributed by atoms with van der Waals surface area (Å²) < 4.78 is 2.07. The van der Waals surface area contributed by atoms with Gasteiger partial charge in [-0.2, -0.15) is 0 Å². The fourth-order valence-electron chi connectivity index (χ4n) is 5.38. The van der Waals surface area contributed by atoms with Crippen LogP contribution in [0.15, 0.2) is 90.4 Å². The maximum Gasteiger partial charge on any atom is 0.0332 e. The minimum atomic E-state index is 0.177. The molecule has 0 aliphatic heterocycles. The molecule has 4 aromatic rings. The summed E-state index contributed by atoms with van der Waals surface area (Å²) in [6, 6.07) is 21.8. The molecule has 1 atom stereocenters. The first-order chi connectivity index (χ1) is 15.6. The van der Waals surface area contributed by atoms with Gasteiger partial charge in [0.2, 0.25) is 0 Å². The van der Waals surface area contributed by atoms with Crippen molar-refractivity contribution in [2.45, 2.75) is 12.3 Å². The van der Waals surface area contributed by atoms with E-state index >= 15 is 0 Å². The van der Waals surface area contributed by atoms with Gasteiger partial charge in [0.1, 0.15) is 0 Å². The number of allylic oxidation sites excluding steroid dienone is 4. The molecule has 32 heavy (non-hydrogen) atoms. The molecule has 2 heteroatoms. The molecule has 6 rings (SSSR count). The molecule has 0 aromatic heterocycles. The number of benzene rings is 4. The summed E-state index contributed by atoms with van der Waals surface area (Å²) in [5, 5.41) is 5.10. The lowest BCUT2D eigenvalue weighted by atomic mass is 9.71. The second kappa shape index (κ2) is 7.43. The predicted octanol–water partition coefficient (Wildman–Crippen LogP) is 9.73. The van der Waals surface area contributed by atoms with E-state index < -0.39 is 0 Å². The highest BCUT2D eigenvalue weighted by Gasteiger charge is 2.31. The Morgan fingerprint density at radius 1 is 0.844 bits per heavy atom. The van der Waals surface area contributed by atoms with Gasteiger partial charge in [-0.25, -0.2) is 0 Å². The molecule has 0 saturated carbocycles. The molecule has 0 fully saturated rings. The lowest BCUT2D eigenvalue weighted by Crippen LogP contribution is -2.13. The summed E-state index contributed by atoms with van der Waals surface area (Å²) in [6.45, 7) is 8.57. The van der Waals surface area contributed by atoms with E-state index in [1.165, 1.54) is 49.4 Å². The van der Waals surface area contributed by atoms with Crippen LogP contribution in [0, 0.1) is 0 Å². The van der Waals surface area contributed by atoms with Gasteiger partial charge in [0, 0.05) is 14.9 Å². The van der Waals surface area contributed by atoms with E-state index in [2.05, 4.69) is 124 Å². The monoisotopic (exact) mass is 538 g/mol. The predicted molar refractivity (Wildman–Crippen MR) is 147 cm³/mol. The van der Waals surface area contributed by atoms with Crippen molar-refractivity contribution < 1.29 is 0 Å². The topological polar surface area (TPSA) is 0 Å². The summed E-state index contributed by atoms with van der Waals surface area (Å²) in [6.07, 6.45) is 7.90. The van der Waals surface area contributed by atoms with Gasteiger partial charge >= 0.3 is 0 Å². The smallest absolute Gasteiger partial charge is 0.0332 e. The van der Waals surface area contributed by atoms with Crippen LogP contribution in [0.25, 0.3) is 43.2 Å². The quantitative estimate of drug-likeness (QED) is 0.222. The molecule has 0 saturated heterocycles. The minimum absolute atomic E-state index is 0.177. The van der Waals surface area contributed by atoms with Gasteiger partial charge in [0.15, 0.2) is 0 Å². The minimum Gasteiger partial charge on any atom is -0.0949 e. The third-order valence-electron chi connectivity index (χ3n) is 6.76. The summed E-state index contributed by atoms with van der Waals surface area (Å²) >= 11 is 7.52. The number of hydrogen-bond donors (Lipinski definition) is 0. The molecule has 2 aliphatic carbocycles. The average molecular weight is 540 g/mol. The van der Waals surface area contributed by atoms with E-state index in [1.807, 2.05) is 0 Å². The van der Waals surface area contributed by atoms with Crippen LogP contribution in [0.2, 0.25) is 0 Å². The summed E-state index contributed by atoms with van der Waals surface area (Å²) in [4.78, 5) is 0. The fourth-order valence-corrected chi connectivity index (χ4v) is 6.40. The zero-order chi connectivity index (χ0) is 22.0. The van der Waals surface area contributed by atoms with Crippen LogP contribution in [0.1, 0.15) is 40.2 Å². The van der Waals surface area contributed by atoms with Crippen LogP contribution < -0.4 is 0 Å². The number of rotatable bonds is 2. The van der Waals surface area contributed by atoms with Crippen molar-refractivity contribution in [3.05, 3.63) is 118 Å². The van der Waals surface area contributed by atoms with E-state index in [9.17, 15) is 0 Å². The van der Waals surface area contributed by atoms with Crippen LogP contribution in [0.3, 0.4) is 0 Å². The molecule has 1 unspecified atom stereocenters. The normalized spacial score (nSPS) is 16.9. The maximum absolute atomic E-state index is 4.40. The summed E-state index contributed by atoms with van der Waals surface area (Å²) in [7, 11) is 0. The zero-order valence-electron chi connectivity index (χ0n) is 17.5. The highest BCUT2D eigenvalue weighted by molar-refractivity contribution is 9.15. The van der Waals surface area contributed by atoms with Crippen molar-refractivity contribution in [1.29, 1.82) is 0 Å². The summed E-state index contributed by atoms with van der Waals surface area (Å²) in [5.41, 5.74) is 8.84. The van der Waals surface area contributed by atoms with Gasteiger partial charge in [-0.15, -0.1) is 0 Å². The van der Waals surface area contributed by atoms with E-state index in [1.54, 1.807) is 0 Å².